The van der Waals surface area contributed by atoms with Gasteiger partial charge in [-0.2, -0.15) is 0 Å². The molecule has 33 heavy (non-hydrogen) atoms. The van der Waals surface area contributed by atoms with E-state index in [0.717, 1.165) is 0 Å². The lowest BCUT2D eigenvalue weighted by Gasteiger charge is -2.44. The third-order valence-electron chi connectivity index (χ3n) is 5.98. The molecule has 0 aliphatic carbocycles. The number of carbonyl (C=O) groups excluding carboxylic acids is 2. The molecule has 0 amide bonds. The van der Waals surface area contributed by atoms with Gasteiger partial charge in [0.1, 0.15) is 39.8 Å². The van der Waals surface area contributed by atoms with Crippen molar-refractivity contribution in [2.24, 2.45) is 0 Å². The number of aromatic nitrogens is 2. The molecule has 2 aliphatic rings. The first-order valence-corrected chi connectivity index (χ1v) is 12.0. The van der Waals surface area contributed by atoms with Crippen molar-refractivity contribution < 1.29 is 28.5 Å². The highest BCUT2D eigenvalue weighted by molar-refractivity contribution is 7.98. The van der Waals surface area contributed by atoms with Gasteiger partial charge in [-0.3, -0.25) is 4.79 Å². The minimum Gasteiger partial charge on any atom is -0.496 e. The summed E-state index contributed by atoms with van der Waals surface area (Å²) in [4.78, 5) is 36.4. The van der Waals surface area contributed by atoms with Crippen molar-refractivity contribution in [3.63, 3.8) is 0 Å². The van der Waals surface area contributed by atoms with E-state index < -0.39 is 11.6 Å². The molecule has 1 spiro atoms. The molecular formula is C23H27N3O6S. The average Bonchev–Trinajstić information content (AvgIpc) is 2.83. The number of hydrogen-bond acceptors (Lipinski definition) is 10. The molecule has 3 heterocycles. The van der Waals surface area contributed by atoms with Crippen molar-refractivity contribution in [2.45, 2.75) is 36.9 Å². The number of hydrogen-bond donors (Lipinski definition) is 0. The van der Waals surface area contributed by atoms with Gasteiger partial charge >= 0.3 is 5.97 Å². The van der Waals surface area contributed by atoms with Crippen LogP contribution in [-0.2, 0) is 4.74 Å². The van der Waals surface area contributed by atoms with Crippen LogP contribution in [-0.4, -0.2) is 67.5 Å². The molecule has 176 valence electrons. The van der Waals surface area contributed by atoms with E-state index in [2.05, 4.69) is 9.97 Å². The number of nitrogens with zero attached hydrogens (tertiary/aromatic N) is 3. The zero-order valence-corrected chi connectivity index (χ0v) is 20.0. The van der Waals surface area contributed by atoms with Crippen LogP contribution in [0.4, 0.5) is 5.82 Å². The second-order valence-electron chi connectivity index (χ2n) is 7.89. The molecule has 1 fully saturated rings. The van der Waals surface area contributed by atoms with Crippen molar-refractivity contribution in [2.75, 3.05) is 45.1 Å². The van der Waals surface area contributed by atoms with Gasteiger partial charge in [0.15, 0.2) is 10.9 Å². The second kappa shape index (κ2) is 9.46. The summed E-state index contributed by atoms with van der Waals surface area (Å²) in [6.07, 6.45) is 4.86. The van der Waals surface area contributed by atoms with Crippen molar-refractivity contribution >= 4 is 29.3 Å². The van der Waals surface area contributed by atoms with Gasteiger partial charge in [-0.25, -0.2) is 14.8 Å². The Kier molecular flexibility index (Phi) is 6.64. The lowest BCUT2D eigenvalue weighted by Crippen LogP contribution is -2.51. The molecular weight excluding hydrogens is 446 g/mol. The van der Waals surface area contributed by atoms with E-state index in [9.17, 15) is 9.59 Å². The smallest absolute Gasteiger partial charge is 0.343 e. The van der Waals surface area contributed by atoms with Gasteiger partial charge < -0.3 is 23.8 Å². The number of ether oxygens (including phenoxy) is 4. The standard InChI is InChI=1S/C23H27N3O6S/c1-5-31-21(28)15-13-24-22(33-4)25-20(15)26-8-6-23(7-9-26)12-16(27)19-17(30-3)10-14(29-2)11-18(19)32-23/h10-11,13H,5-9,12H2,1-4H3. The predicted molar refractivity (Wildman–Crippen MR) is 123 cm³/mol. The van der Waals surface area contributed by atoms with Gasteiger partial charge in [-0.05, 0) is 13.2 Å². The van der Waals surface area contributed by atoms with Crippen LogP contribution in [0.15, 0.2) is 23.5 Å². The molecule has 0 N–H and O–H groups in total. The van der Waals surface area contributed by atoms with E-state index in [1.54, 1.807) is 26.2 Å². The SMILES string of the molecule is CCOC(=O)c1cnc(SC)nc1N1CCC2(CC1)CC(=O)c1c(OC)cc(OC)cc1O2. The number of Topliss-reactive ketones (excluding diaryl/α,β-unsaturated/α-hetero) is 1. The van der Waals surface area contributed by atoms with Crippen LogP contribution in [0.3, 0.4) is 0 Å². The fourth-order valence-corrected chi connectivity index (χ4v) is 4.64. The van der Waals surface area contributed by atoms with Crippen molar-refractivity contribution in [1.82, 2.24) is 9.97 Å². The molecule has 2 aromatic rings. The van der Waals surface area contributed by atoms with Gasteiger partial charge in [0.05, 0.1) is 27.2 Å². The summed E-state index contributed by atoms with van der Waals surface area (Å²) in [5, 5.41) is 0.579. The number of thioether (sulfide) groups is 1. The first-order valence-electron chi connectivity index (χ1n) is 10.7. The fraction of sp³-hybridized carbons (Fsp3) is 0.478. The monoisotopic (exact) mass is 473 g/mol. The van der Waals surface area contributed by atoms with Gasteiger partial charge in [0, 0.05) is 44.3 Å². The molecule has 10 heteroatoms. The van der Waals surface area contributed by atoms with Crippen LogP contribution in [0.5, 0.6) is 17.2 Å². The zero-order valence-electron chi connectivity index (χ0n) is 19.2. The highest BCUT2D eigenvalue weighted by Crippen LogP contribution is 2.45. The molecule has 0 radical (unpaired) electrons. The molecule has 2 aliphatic heterocycles. The minimum atomic E-state index is -0.628. The third kappa shape index (κ3) is 4.44. The average molecular weight is 474 g/mol. The van der Waals surface area contributed by atoms with E-state index in [1.165, 1.54) is 25.1 Å². The fourth-order valence-electron chi connectivity index (χ4n) is 4.30. The van der Waals surface area contributed by atoms with Crippen LogP contribution >= 0.6 is 11.8 Å². The quantitative estimate of drug-likeness (QED) is 0.352. The molecule has 1 aromatic heterocycles. The van der Waals surface area contributed by atoms with E-state index in [0.29, 0.717) is 65.3 Å². The molecule has 0 atom stereocenters. The van der Waals surface area contributed by atoms with Crippen molar-refractivity contribution in [3.05, 3.63) is 29.5 Å². The van der Waals surface area contributed by atoms with Crippen LogP contribution in [0, 0.1) is 0 Å². The largest absolute Gasteiger partial charge is 0.496 e. The molecule has 0 unspecified atom stereocenters. The molecule has 1 saturated heterocycles. The predicted octanol–water partition coefficient (Wildman–Crippen LogP) is 3.40. The normalized spacial score (nSPS) is 16.7. The van der Waals surface area contributed by atoms with E-state index in [-0.39, 0.29) is 18.8 Å². The molecule has 0 saturated carbocycles. The topological polar surface area (TPSA) is 100 Å². The van der Waals surface area contributed by atoms with Crippen LogP contribution in [0.2, 0.25) is 0 Å². The number of fused-ring (bicyclic) bond motifs is 1. The number of rotatable bonds is 6. The summed E-state index contributed by atoms with van der Waals surface area (Å²) in [5.74, 6) is 1.59. The van der Waals surface area contributed by atoms with Crippen molar-refractivity contribution in [1.29, 1.82) is 0 Å². The highest BCUT2D eigenvalue weighted by Gasteiger charge is 2.45. The van der Waals surface area contributed by atoms with E-state index in [4.69, 9.17) is 18.9 Å². The lowest BCUT2D eigenvalue weighted by molar-refractivity contribution is 0.0224. The summed E-state index contributed by atoms with van der Waals surface area (Å²) < 4.78 is 22.4. The summed E-state index contributed by atoms with van der Waals surface area (Å²) in [6.45, 7) is 3.18. The number of benzene rings is 1. The molecule has 1 aromatic carbocycles. The number of carbonyl (C=O) groups is 2. The maximum atomic E-state index is 13.1. The number of methoxy groups -OCH3 is 2. The summed E-state index contributed by atoms with van der Waals surface area (Å²) in [5.41, 5.74) is 0.166. The van der Waals surface area contributed by atoms with Crippen LogP contribution in [0.25, 0.3) is 0 Å². The first kappa shape index (κ1) is 23.2. The summed E-state index contributed by atoms with van der Waals surface area (Å²) >= 11 is 1.41. The van der Waals surface area contributed by atoms with Crippen molar-refractivity contribution in [3.8, 4) is 17.2 Å². The Morgan fingerprint density at radius 1 is 1.24 bits per heavy atom. The number of piperidine rings is 1. The number of ketones is 1. The number of anilines is 1. The zero-order chi connectivity index (χ0) is 23.6. The van der Waals surface area contributed by atoms with Crippen LogP contribution in [0.1, 0.15) is 46.9 Å². The Balaban J connectivity index is 1.59. The second-order valence-corrected chi connectivity index (χ2v) is 8.66. The van der Waals surface area contributed by atoms with E-state index in [1.807, 2.05) is 11.2 Å². The Bertz CT molecular complexity index is 1070. The lowest BCUT2D eigenvalue weighted by atomic mass is 9.82. The Labute approximate surface area is 196 Å². The Morgan fingerprint density at radius 2 is 2.00 bits per heavy atom. The highest BCUT2D eigenvalue weighted by atomic mass is 32.2. The maximum absolute atomic E-state index is 13.1. The summed E-state index contributed by atoms with van der Waals surface area (Å²) in [7, 11) is 3.09. The van der Waals surface area contributed by atoms with Gasteiger partial charge in [-0.1, -0.05) is 11.8 Å². The molecule has 9 nitrogen and oxygen atoms in total. The Morgan fingerprint density at radius 3 is 2.64 bits per heavy atom. The Hall–Kier alpha value is -3.01. The minimum absolute atomic E-state index is 0.0110. The molecule has 4 rings (SSSR count). The van der Waals surface area contributed by atoms with Gasteiger partial charge in [0.2, 0.25) is 0 Å². The van der Waals surface area contributed by atoms with E-state index >= 15 is 0 Å². The van der Waals surface area contributed by atoms with Gasteiger partial charge in [0.25, 0.3) is 0 Å². The number of esters is 1. The third-order valence-corrected chi connectivity index (χ3v) is 6.54. The first-order chi connectivity index (χ1) is 15.9. The maximum Gasteiger partial charge on any atom is 0.343 e. The molecule has 0 bridgehead atoms. The van der Waals surface area contributed by atoms with Gasteiger partial charge in [-0.15, -0.1) is 0 Å². The van der Waals surface area contributed by atoms with Crippen LogP contribution < -0.4 is 19.1 Å². The summed E-state index contributed by atoms with van der Waals surface area (Å²) in [6, 6.07) is 3.42.